The van der Waals surface area contributed by atoms with Crippen LogP contribution in [0.15, 0.2) is 59.1 Å². The number of carbonyl (C=O) groups excluding carboxylic acids is 1. The summed E-state index contributed by atoms with van der Waals surface area (Å²) < 4.78 is 15.9. The van der Waals surface area contributed by atoms with Gasteiger partial charge in [0.25, 0.3) is 0 Å². The third-order valence-corrected chi connectivity index (χ3v) is 7.04. The molecule has 0 amide bonds. The smallest absolute Gasteiger partial charge is 0.465 e. The van der Waals surface area contributed by atoms with Gasteiger partial charge >= 0.3 is 12.1 Å². The van der Waals surface area contributed by atoms with Crippen molar-refractivity contribution in [2.45, 2.75) is 52.1 Å². The molecule has 3 aromatic rings. The highest BCUT2D eigenvalue weighted by Gasteiger charge is 2.19. The molecule has 0 bridgehead atoms. The summed E-state index contributed by atoms with van der Waals surface area (Å²) in [5, 5.41) is 14.0. The fraction of sp³-hybridized carbons (Fsp3) is 0.469. The number of anilines is 1. The summed E-state index contributed by atoms with van der Waals surface area (Å²) in [4.78, 5) is 19.8. The Morgan fingerprint density at radius 3 is 2.46 bits per heavy atom. The van der Waals surface area contributed by atoms with Crippen LogP contribution in [0.1, 0.15) is 56.8 Å². The van der Waals surface area contributed by atoms with Gasteiger partial charge in [-0.15, -0.1) is 0 Å². The predicted octanol–water partition coefficient (Wildman–Crippen LogP) is 4.29. The topological polar surface area (TPSA) is 102 Å². The van der Waals surface area contributed by atoms with Gasteiger partial charge in [-0.2, -0.15) is 4.99 Å². The molecule has 0 spiro atoms. The maximum Gasteiger partial charge on any atom is 0.545 e. The van der Waals surface area contributed by atoms with Crippen molar-refractivity contribution < 1.29 is 28.9 Å². The summed E-state index contributed by atoms with van der Waals surface area (Å²) in [5.41, 5.74) is 3.70. The van der Waals surface area contributed by atoms with Crippen LogP contribution in [0.5, 0.6) is 0 Å². The fourth-order valence-electron chi connectivity index (χ4n) is 4.89. The van der Waals surface area contributed by atoms with Gasteiger partial charge in [0.15, 0.2) is 5.76 Å². The first-order valence-electron chi connectivity index (χ1n) is 14.4. The van der Waals surface area contributed by atoms with E-state index in [-0.39, 0.29) is 12.1 Å². The SMILES string of the molecule is COC(=O)c1cccc(-c2cc(-c3cccc(N4CCN(CCCCCC[NH+]=C(O)OC(C)(C)C)CC4)c3)on2)c1. The number of piperazine rings is 1. The summed E-state index contributed by atoms with van der Waals surface area (Å²) in [6.45, 7) is 11.6. The summed E-state index contributed by atoms with van der Waals surface area (Å²) in [7, 11) is 1.37. The molecule has 1 aliphatic heterocycles. The highest BCUT2D eigenvalue weighted by atomic mass is 16.6. The molecule has 1 aliphatic rings. The number of nitrogens with zero attached hydrogens (tertiary/aromatic N) is 3. The fourth-order valence-corrected chi connectivity index (χ4v) is 4.89. The number of hydrogen-bond acceptors (Lipinski definition) is 7. The van der Waals surface area contributed by atoms with Gasteiger partial charge < -0.3 is 24.0 Å². The van der Waals surface area contributed by atoms with Crippen molar-refractivity contribution in [2.75, 3.05) is 51.3 Å². The number of aromatic nitrogens is 1. The van der Waals surface area contributed by atoms with Crippen LogP contribution in [0.3, 0.4) is 0 Å². The van der Waals surface area contributed by atoms with Gasteiger partial charge in [0.1, 0.15) is 17.8 Å². The molecule has 0 radical (unpaired) electrons. The average molecular weight is 564 g/mol. The summed E-state index contributed by atoms with van der Waals surface area (Å²) in [5.74, 6) is 0.309. The van der Waals surface area contributed by atoms with Gasteiger partial charge in [-0.25, -0.2) is 4.79 Å². The zero-order valence-corrected chi connectivity index (χ0v) is 24.7. The first kappa shape index (κ1) is 30.1. The van der Waals surface area contributed by atoms with E-state index in [1.807, 2.05) is 45.0 Å². The lowest BCUT2D eigenvalue weighted by Gasteiger charge is -2.36. The molecule has 0 unspecified atom stereocenters. The molecule has 2 N–H and O–H groups in total. The standard InChI is InChI=1S/C32H42N4O5/c1-32(2,3)40-31(38)33-15-7-5-6-8-16-35-17-19-36(20-18-35)27-14-10-12-25(22-27)29-23-28(34-41-29)24-11-9-13-26(21-24)30(37)39-4/h9-14,21-23H,5-8,15-20H2,1-4H3,(H,33,38)/p+1. The largest absolute Gasteiger partial charge is 0.545 e. The maximum atomic E-state index is 11.9. The quantitative estimate of drug-likeness (QED) is 0.154. The lowest BCUT2D eigenvalue weighted by Crippen LogP contribution is -2.74. The van der Waals surface area contributed by atoms with Gasteiger partial charge in [-0.1, -0.05) is 35.8 Å². The van der Waals surface area contributed by atoms with Gasteiger partial charge in [0.2, 0.25) is 0 Å². The van der Waals surface area contributed by atoms with E-state index in [4.69, 9.17) is 14.0 Å². The Bertz CT molecular complexity index is 1310. The molecule has 2 heterocycles. The zero-order chi connectivity index (χ0) is 29.2. The monoisotopic (exact) mass is 563 g/mol. The van der Waals surface area contributed by atoms with E-state index in [0.29, 0.717) is 17.0 Å². The number of carbonyl (C=O) groups is 1. The first-order valence-corrected chi connectivity index (χ1v) is 14.4. The third kappa shape index (κ3) is 9.08. The lowest BCUT2D eigenvalue weighted by molar-refractivity contribution is -0.481. The minimum absolute atomic E-state index is 0.0887. The second-order valence-electron chi connectivity index (χ2n) is 11.4. The van der Waals surface area contributed by atoms with Crippen LogP contribution in [-0.4, -0.2) is 79.2 Å². The van der Waals surface area contributed by atoms with Crippen molar-refractivity contribution in [1.29, 1.82) is 0 Å². The van der Waals surface area contributed by atoms with Gasteiger partial charge in [-0.3, -0.25) is 4.90 Å². The van der Waals surface area contributed by atoms with Gasteiger partial charge in [0, 0.05) is 55.5 Å². The van der Waals surface area contributed by atoms with E-state index in [1.165, 1.54) is 25.6 Å². The minimum atomic E-state index is -0.396. The van der Waals surface area contributed by atoms with Crippen LogP contribution >= 0.6 is 0 Å². The van der Waals surface area contributed by atoms with Crippen molar-refractivity contribution in [3.63, 3.8) is 0 Å². The molecule has 1 fully saturated rings. The highest BCUT2D eigenvalue weighted by molar-refractivity contribution is 5.90. The number of rotatable bonds is 11. The van der Waals surface area contributed by atoms with E-state index in [9.17, 15) is 9.90 Å². The van der Waals surface area contributed by atoms with Crippen molar-refractivity contribution >= 4 is 17.7 Å². The molecule has 1 saturated heterocycles. The van der Waals surface area contributed by atoms with Crippen LogP contribution in [-0.2, 0) is 9.47 Å². The van der Waals surface area contributed by atoms with Gasteiger partial charge in [-0.05, 0) is 64.4 Å². The Kier molecular flexibility index (Phi) is 10.4. The Hall–Kier alpha value is -3.85. The van der Waals surface area contributed by atoms with Gasteiger partial charge in [0.05, 0.1) is 12.7 Å². The number of nitrogens with one attached hydrogen (secondary N) is 1. The van der Waals surface area contributed by atoms with E-state index >= 15 is 0 Å². The van der Waals surface area contributed by atoms with Crippen molar-refractivity contribution in [2.24, 2.45) is 0 Å². The van der Waals surface area contributed by atoms with Crippen molar-refractivity contribution in [1.82, 2.24) is 10.1 Å². The Balaban J connectivity index is 1.22. The van der Waals surface area contributed by atoms with E-state index in [0.717, 1.165) is 63.2 Å². The molecule has 9 heteroatoms. The average Bonchev–Trinajstić information content (AvgIpc) is 3.46. The van der Waals surface area contributed by atoms with Crippen LogP contribution < -0.4 is 9.89 Å². The second-order valence-corrected chi connectivity index (χ2v) is 11.4. The molecule has 0 saturated carbocycles. The van der Waals surface area contributed by atoms with E-state index in [2.05, 4.69) is 38.1 Å². The molecule has 220 valence electrons. The normalized spacial score (nSPS) is 14.7. The molecule has 41 heavy (non-hydrogen) atoms. The lowest BCUT2D eigenvalue weighted by atomic mass is 10.1. The molecule has 9 nitrogen and oxygen atoms in total. The second kappa shape index (κ2) is 14.2. The van der Waals surface area contributed by atoms with E-state index in [1.54, 1.807) is 12.1 Å². The first-order chi connectivity index (χ1) is 19.7. The minimum Gasteiger partial charge on any atom is -0.465 e. The van der Waals surface area contributed by atoms with E-state index < -0.39 is 5.60 Å². The maximum absolute atomic E-state index is 11.9. The summed E-state index contributed by atoms with van der Waals surface area (Å²) >= 11 is 0. The Morgan fingerprint density at radius 2 is 1.71 bits per heavy atom. The van der Waals surface area contributed by atoms with Crippen molar-refractivity contribution in [3.8, 4) is 22.6 Å². The number of aliphatic hydroxyl groups is 1. The Labute approximate surface area is 242 Å². The molecule has 0 atom stereocenters. The van der Waals surface area contributed by atoms with Crippen LogP contribution in [0.25, 0.3) is 22.6 Å². The number of aliphatic hydroxyl groups excluding tert-OH is 1. The number of ether oxygens (including phenoxy) is 2. The molecule has 1 aromatic heterocycles. The van der Waals surface area contributed by atoms with Crippen LogP contribution in [0.2, 0.25) is 0 Å². The summed E-state index contributed by atoms with van der Waals surface area (Å²) in [6, 6.07) is 17.5. The van der Waals surface area contributed by atoms with Crippen LogP contribution in [0, 0.1) is 0 Å². The number of hydrogen-bond donors (Lipinski definition) is 2. The highest BCUT2D eigenvalue weighted by Crippen LogP contribution is 2.29. The molecule has 0 aliphatic carbocycles. The zero-order valence-electron chi connectivity index (χ0n) is 24.7. The predicted molar refractivity (Wildman–Crippen MR) is 160 cm³/mol. The number of unbranched alkanes of at least 4 members (excludes halogenated alkanes) is 3. The van der Waals surface area contributed by atoms with Crippen LogP contribution in [0.4, 0.5) is 5.69 Å². The molecule has 2 aromatic carbocycles. The number of methoxy groups -OCH3 is 1. The number of benzene rings is 2. The molecular formula is C32H43N4O5+. The Morgan fingerprint density at radius 1 is 0.976 bits per heavy atom. The molecule has 4 rings (SSSR count). The van der Waals surface area contributed by atoms with Crippen molar-refractivity contribution in [3.05, 3.63) is 60.2 Å². The molecular weight excluding hydrogens is 520 g/mol. The summed E-state index contributed by atoms with van der Waals surface area (Å²) in [6.07, 6.45) is 4.41. The number of esters is 1. The third-order valence-electron chi connectivity index (χ3n) is 7.04.